The number of fused-ring (bicyclic) bond motifs is 1. The van der Waals surface area contributed by atoms with E-state index in [0.29, 0.717) is 33.5 Å². The van der Waals surface area contributed by atoms with Gasteiger partial charge in [-0.1, -0.05) is 0 Å². The minimum Gasteiger partial charge on any atom is -0.497 e. The van der Waals surface area contributed by atoms with Gasteiger partial charge in [0.15, 0.2) is 0 Å². The van der Waals surface area contributed by atoms with Gasteiger partial charge < -0.3 is 9.47 Å². The standard InChI is InChI=1S/C21H19N5O3S/c1-28-16-6-4-14(5-7-16)24-25-15-11-22-21-23-19(13-26(21)12-15)18-9-8-17(30(3)27)10-20(18)29-2/h4-13H,1-3H3. The van der Waals surface area contributed by atoms with E-state index in [2.05, 4.69) is 20.2 Å². The highest BCUT2D eigenvalue weighted by atomic mass is 32.2. The molecular weight excluding hydrogens is 402 g/mol. The predicted molar refractivity (Wildman–Crippen MR) is 114 cm³/mol. The van der Waals surface area contributed by atoms with Gasteiger partial charge in [0.05, 0.1) is 31.8 Å². The zero-order valence-electron chi connectivity index (χ0n) is 16.6. The van der Waals surface area contributed by atoms with E-state index in [0.717, 1.165) is 11.3 Å². The Morgan fingerprint density at radius 1 is 0.967 bits per heavy atom. The van der Waals surface area contributed by atoms with E-state index in [1.165, 1.54) is 0 Å². The van der Waals surface area contributed by atoms with Crippen LogP contribution in [0.4, 0.5) is 11.4 Å². The van der Waals surface area contributed by atoms with Crippen LogP contribution in [0, 0.1) is 0 Å². The fourth-order valence-electron chi connectivity index (χ4n) is 2.88. The maximum absolute atomic E-state index is 11.7. The van der Waals surface area contributed by atoms with Crippen LogP contribution in [0.5, 0.6) is 11.5 Å². The van der Waals surface area contributed by atoms with Gasteiger partial charge >= 0.3 is 0 Å². The van der Waals surface area contributed by atoms with Crippen molar-refractivity contribution in [1.29, 1.82) is 0 Å². The molecule has 4 aromatic rings. The summed E-state index contributed by atoms with van der Waals surface area (Å²) in [6.07, 6.45) is 6.88. The summed E-state index contributed by atoms with van der Waals surface area (Å²) in [5.41, 5.74) is 2.78. The lowest BCUT2D eigenvalue weighted by molar-refractivity contribution is 0.415. The molecule has 1 atom stereocenters. The van der Waals surface area contributed by atoms with E-state index in [1.54, 1.807) is 49.4 Å². The summed E-state index contributed by atoms with van der Waals surface area (Å²) in [7, 11) is 2.10. The molecule has 8 nitrogen and oxygen atoms in total. The molecule has 0 saturated heterocycles. The van der Waals surface area contributed by atoms with Gasteiger partial charge in [-0.05, 0) is 42.5 Å². The van der Waals surface area contributed by atoms with Crippen molar-refractivity contribution in [3.8, 4) is 22.8 Å². The summed E-state index contributed by atoms with van der Waals surface area (Å²) in [5.74, 6) is 1.89. The normalized spacial score (nSPS) is 12.4. The lowest BCUT2D eigenvalue weighted by atomic mass is 10.1. The Morgan fingerprint density at radius 2 is 1.73 bits per heavy atom. The number of methoxy groups -OCH3 is 2. The fraction of sp³-hybridized carbons (Fsp3) is 0.143. The molecule has 2 heterocycles. The molecule has 0 aliphatic carbocycles. The Hall–Kier alpha value is -3.59. The van der Waals surface area contributed by atoms with Crippen LogP contribution in [0.2, 0.25) is 0 Å². The van der Waals surface area contributed by atoms with Crippen molar-refractivity contribution in [2.45, 2.75) is 4.90 Å². The van der Waals surface area contributed by atoms with E-state index >= 15 is 0 Å². The molecule has 0 spiro atoms. The highest BCUT2D eigenvalue weighted by molar-refractivity contribution is 7.84. The minimum absolute atomic E-state index is 0.526. The maximum atomic E-state index is 11.7. The van der Waals surface area contributed by atoms with Crippen LogP contribution >= 0.6 is 0 Å². The fourth-order valence-corrected chi connectivity index (χ4v) is 3.41. The molecular formula is C21H19N5O3S. The molecule has 0 N–H and O–H groups in total. The third-order valence-corrected chi connectivity index (χ3v) is 5.35. The number of benzene rings is 2. The third kappa shape index (κ3) is 4.06. The molecule has 0 bridgehead atoms. The Bertz CT molecular complexity index is 1250. The van der Waals surface area contributed by atoms with Gasteiger partial charge in [-0.25, -0.2) is 9.97 Å². The molecule has 0 aliphatic heterocycles. The number of nitrogens with zero attached hydrogens (tertiary/aromatic N) is 5. The Balaban J connectivity index is 1.64. The second-order valence-electron chi connectivity index (χ2n) is 6.36. The van der Waals surface area contributed by atoms with Crippen LogP contribution in [0.25, 0.3) is 17.0 Å². The van der Waals surface area contributed by atoms with E-state index < -0.39 is 10.8 Å². The predicted octanol–water partition coefficient (Wildman–Crippen LogP) is 4.57. The SMILES string of the molecule is COc1ccc(N=Nc2cnc3nc(-c4ccc(S(C)=O)cc4OC)cn3c2)cc1. The first-order chi connectivity index (χ1) is 14.6. The van der Waals surface area contributed by atoms with Crippen molar-refractivity contribution in [2.75, 3.05) is 20.5 Å². The highest BCUT2D eigenvalue weighted by Gasteiger charge is 2.13. The van der Waals surface area contributed by atoms with Crippen molar-refractivity contribution >= 4 is 28.0 Å². The maximum Gasteiger partial charge on any atom is 0.234 e. The zero-order chi connectivity index (χ0) is 21.1. The summed E-state index contributed by atoms with van der Waals surface area (Å²) in [4.78, 5) is 9.60. The molecule has 2 aromatic carbocycles. The molecule has 0 aliphatic rings. The van der Waals surface area contributed by atoms with Crippen LogP contribution in [-0.4, -0.2) is 39.1 Å². The number of imidazole rings is 1. The van der Waals surface area contributed by atoms with Crippen LogP contribution < -0.4 is 9.47 Å². The van der Waals surface area contributed by atoms with Crippen LogP contribution in [0.15, 0.2) is 76.2 Å². The van der Waals surface area contributed by atoms with Crippen molar-refractivity contribution in [3.63, 3.8) is 0 Å². The third-order valence-electron chi connectivity index (χ3n) is 4.43. The molecule has 30 heavy (non-hydrogen) atoms. The highest BCUT2D eigenvalue weighted by Crippen LogP contribution is 2.31. The molecule has 1 unspecified atom stereocenters. The Kier molecular flexibility index (Phi) is 5.53. The number of ether oxygens (including phenoxy) is 2. The minimum atomic E-state index is -1.09. The second kappa shape index (κ2) is 8.42. The van der Waals surface area contributed by atoms with Gasteiger partial charge in [0.25, 0.3) is 0 Å². The zero-order valence-corrected chi connectivity index (χ0v) is 17.5. The van der Waals surface area contributed by atoms with Crippen molar-refractivity contribution in [2.24, 2.45) is 10.2 Å². The van der Waals surface area contributed by atoms with Gasteiger partial charge in [-0.2, -0.15) is 5.11 Å². The first-order valence-electron chi connectivity index (χ1n) is 9.00. The quantitative estimate of drug-likeness (QED) is 0.426. The first-order valence-corrected chi connectivity index (χ1v) is 10.6. The van der Waals surface area contributed by atoms with E-state index in [9.17, 15) is 4.21 Å². The number of aromatic nitrogens is 3. The number of hydrogen-bond donors (Lipinski definition) is 0. The van der Waals surface area contributed by atoms with Crippen LogP contribution in [-0.2, 0) is 10.8 Å². The summed E-state index contributed by atoms with van der Waals surface area (Å²) < 4.78 is 24.1. The van der Waals surface area contributed by atoms with Crippen molar-refractivity contribution in [3.05, 3.63) is 61.1 Å². The van der Waals surface area contributed by atoms with Gasteiger partial charge in [0.1, 0.15) is 17.2 Å². The largest absolute Gasteiger partial charge is 0.497 e. The van der Waals surface area contributed by atoms with Gasteiger partial charge in [-0.15, -0.1) is 5.11 Å². The second-order valence-corrected chi connectivity index (χ2v) is 7.74. The van der Waals surface area contributed by atoms with Crippen LogP contribution in [0.3, 0.4) is 0 Å². The monoisotopic (exact) mass is 421 g/mol. The van der Waals surface area contributed by atoms with E-state index in [-0.39, 0.29) is 0 Å². The lowest BCUT2D eigenvalue weighted by Gasteiger charge is -2.07. The van der Waals surface area contributed by atoms with Crippen molar-refractivity contribution < 1.29 is 13.7 Å². The number of rotatable bonds is 6. The molecule has 9 heteroatoms. The molecule has 152 valence electrons. The number of azo groups is 1. The molecule has 0 fully saturated rings. The number of hydrogen-bond acceptors (Lipinski definition) is 7. The van der Waals surface area contributed by atoms with Gasteiger partial charge in [0.2, 0.25) is 5.78 Å². The topological polar surface area (TPSA) is 90.4 Å². The molecule has 2 aromatic heterocycles. The molecule has 0 amide bonds. The molecule has 0 radical (unpaired) electrons. The molecule has 4 rings (SSSR count). The Labute approximate surface area is 175 Å². The lowest BCUT2D eigenvalue weighted by Crippen LogP contribution is -1.92. The Morgan fingerprint density at radius 3 is 2.43 bits per heavy atom. The van der Waals surface area contributed by atoms with Gasteiger partial charge in [-0.3, -0.25) is 8.61 Å². The van der Waals surface area contributed by atoms with E-state index in [4.69, 9.17) is 9.47 Å². The summed E-state index contributed by atoms with van der Waals surface area (Å²) >= 11 is 0. The summed E-state index contributed by atoms with van der Waals surface area (Å²) in [5, 5.41) is 8.47. The first kappa shape index (κ1) is 19.7. The van der Waals surface area contributed by atoms with E-state index in [1.807, 2.05) is 36.5 Å². The average molecular weight is 421 g/mol. The summed E-state index contributed by atoms with van der Waals surface area (Å²) in [6.45, 7) is 0. The summed E-state index contributed by atoms with van der Waals surface area (Å²) in [6, 6.07) is 12.7. The average Bonchev–Trinajstić information content (AvgIpc) is 3.20. The van der Waals surface area contributed by atoms with Gasteiger partial charge in [0, 0.05) is 39.9 Å². The smallest absolute Gasteiger partial charge is 0.234 e. The van der Waals surface area contributed by atoms with Crippen LogP contribution in [0.1, 0.15) is 0 Å². The van der Waals surface area contributed by atoms with Crippen molar-refractivity contribution in [1.82, 2.24) is 14.4 Å². The molecule has 0 saturated carbocycles.